The summed E-state index contributed by atoms with van der Waals surface area (Å²) in [5.41, 5.74) is 0. The summed E-state index contributed by atoms with van der Waals surface area (Å²) in [5.74, 6) is -0.693. The Kier molecular flexibility index (Phi) is 17.1. The van der Waals surface area contributed by atoms with Gasteiger partial charge in [0.05, 0.1) is 0 Å². The van der Waals surface area contributed by atoms with E-state index in [9.17, 15) is 4.79 Å². The van der Waals surface area contributed by atoms with Crippen LogP contribution in [0.1, 0.15) is 65.7 Å². The Labute approximate surface area is 107 Å². The lowest BCUT2D eigenvalue weighted by molar-refractivity contribution is -0.137. The zero-order valence-electron chi connectivity index (χ0n) is 12.2. The molecule has 0 radical (unpaired) electrons. The molecule has 0 aliphatic carbocycles. The minimum atomic E-state index is -0.693. The van der Waals surface area contributed by atoms with E-state index in [4.69, 9.17) is 5.11 Å². The maximum atomic E-state index is 9.76. The van der Waals surface area contributed by atoms with Crippen molar-refractivity contribution in [3.8, 4) is 0 Å². The van der Waals surface area contributed by atoms with Crippen LogP contribution in [0.2, 0.25) is 0 Å². The van der Waals surface area contributed by atoms with Crippen molar-refractivity contribution in [2.75, 3.05) is 20.1 Å². The van der Waals surface area contributed by atoms with Crippen molar-refractivity contribution in [2.24, 2.45) is 0 Å². The van der Waals surface area contributed by atoms with Crippen LogP contribution in [-0.2, 0) is 4.79 Å². The standard InChI is InChI=1S/C9H21N.C5H10O2/c1-4-6-8-10(3)9-7-5-2;1-2-3-4-5(6)7/h4-9H2,1-3H3;2-4H2,1H3,(H,6,7). The van der Waals surface area contributed by atoms with E-state index in [1.165, 1.54) is 38.8 Å². The molecule has 0 aromatic carbocycles. The van der Waals surface area contributed by atoms with Gasteiger partial charge in [0.1, 0.15) is 0 Å². The van der Waals surface area contributed by atoms with Crippen molar-refractivity contribution in [1.82, 2.24) is 4.90 Å². The fourth-order valence-electron chi connectivity index (χ4n) is 1.30. The van der Waals surface area contributed by atoms with Gasteiger partial charge in [0, 0.05) is 6.42 Å². The number of aliphatic carboxylic acids is 1. The second-order valence-corrected chi connectivity index (χ2v) is 4.51. The molecule has 0 saturated heterocycles. The van der Waals surface area contributed by atoms with E-state index < -0.39 is 5.97 Å². The van der Waals surface area contributed by atoms with Gasteiger partial charge in [0.2, 0.25) is 0 Å². The Morgan fingerprint density at radius 1 is 0.941 bits per heavy atom. The predicted octanol–water partition coefficient (Wildman–Crippen LogP) is 3.78. The van der Waals surface area contributed by atoms with Gasteiger partial charge in [-0.15, -0.1) is 0 Å². The van der Waals surface area contributed by atoms with Crippen molar-refractivity contribution >= 4 is 5.97 Å². The molecule has 0 spiro atoms. The number of carbonyl (C=O) groups is 1. The highest BCUT2D eigenvalue weighted by molar-refractivity contribution is 5.66. The van der Waals surface area contributed by atoms with E-state index in [1.54, 1.807) is 0 Å². The molecular weight excluding hydrogens is 214 g/mol. The van der Waals surface area contributed by atoms with Gasteiger partial charge in [-0.1, -0.05) is 40.0 Å². The van der Waals surface area contributed by atoms with Crippen molar-refractivity contribution in [3.05, 3.63) is 0 Å². The number of nitrogens with zero attached hydrogens (tertiary/aromatic N) is 1. The topological polar surface area (TPSA) is 40.5 Å². The maximum Gasteiger partial charge on any atom is 0.303 e. The normalized spacial score (nSPS) is 9.94. The van der Waals surface area contributed by atoms with Gasteiger partial charge in [0.15, 0.2) is 0 Å². The Balaban J connectivity index is 0. The summed E-state index contributed by atoms with van der Waals surface area (Å²) in [7, 11) is 2.21. The minimum absolute atomic E-state index is 0.316. The number of carboxylic acid groups (broad SMARTS) is 1. The molecule has 0 aromatic rings. The molecule has 0 heterocycles. The van der Waals surface area contributed by atoms with Gasteiger partial charge < -0.3 is 10.0 Å². The monoisotopic (exact) mass is 245 g/mol. The van der Waals surface area contributed by atoms with E-state index in [0.717, 1.165) is 12.8 Å². The molecule has 1 N–H and O–H groups in total. The first-order chi connectivity index (χ1) is 8.08. The molecular formula is C14H31NO2. The molecule has 0 rings (SSSR count). The van der Waals surface area contributed by atoms with Crippen molar-refractivity contribution < 1.29 is 9.90 Å². The van der Waals surface area contributed by atoms with E-state index in [0.29, 0.717) is 6.42 Å². The fourth-order valence-corrected chi connectivity index (χ4v) is 1.30. The molecule has 3 nitrogen and oxygen atoms in total. The Morgan fingerprint density at radius 3 is 1.59 bits per heavy atom. The number of rotatable bonds is 9. The van der Waals surface area contributed by atoms with Crippen LogP contribution >= 0.6 is 0 Å². The minimum Gasteiger partial charge on any atom is -0.481 e. The van der Waals surface area contributed by atoms with E-state index in [1.807, 2.05) is 6.92 Å². The number of unbranched alkanes of at least 4 members (excludes halogenated alkanes) is 3. The summed E-state index contributed by atoms with van der Waals surface area (Å²) in [6.45, 7) is 9.01. The zero-order valence-corrected chi connectivity index (χ0v) is 12.2. The molecule has 104 valence electrons. The van der Waals surface area contributed by atoms with E-state index in [2.05, 4.69) is 25.8 Å². The molecule has 17 heavy (non-hydrogen) atoms. The van der Waals surface area contributed by atoms with Crippen molar-refractivity contribution in [1.29, 1.82) is 0 Å². The molecule has 0 bridgehead atoms. The van der Waals surface area contributed by atoms with Crippen LogP contribution in [0.25, 0.3) is 0 Å². The van der Waals surface area contributed by atoms with Crippen LogP contribution in [0.15, 0.2) is 0 Å². The predicted molar refractivity (Wildman–Crippen MR) is 74.5 cm³/mol. The van der Waals surface area contributed by atoms with Crippen LogP contribution < -0.4 is 0 Å². The van der Waals surface area contributed by atoms with Crippen LogP contribution in [0.4, 0.5) is 0 Å². The highest BCUT2D eigenvalue weighted by atomic mass is 16.4. The van der Waals surface area contributed by atoms with Crippen molar-refractivity contribution in [2.45, 2.75) is 65.7 Å². The molecule has 0 aliphatic rings. The number of hydrogen-bond donors (Lipinski definition) is 1. The van der Waals surface area contributed by atoms with Crippen molar-refractivity contribution in [3.63, 3.8) is 0 Å². The van der Waals surface area contributed by atoms with Gasteiger partial charge in [-0.3, -0.25) is 4.79 Å². The Morgan fingerprint density at radius 2 is 1.35 bits per heavy atom. The molecule has 0 amide bonds. The lowest BCUT2D eigenvalue weighted by Crippen LogP contribution is -2.20. The summed E-state index contributed by atoms with van der Waals surface area (Å²) >= 11 is 0. The zero-order chi connectivity index (χ0) is 13.5. The van der Waals surface area contributed by atoms with Crippen LogP contribution in [0, 0.1) is 0 Å². The average Bonchev–Trinajstić information content (AvgIpc) is 2.31. The summed E-state index contributed by atoms with van der Waals surface area (Å²) in [6, 6.07) is 0. The van der Waals surface area contributed by atoms with E-state index >= 15 is 0 Å². The summed E-state index contributed by atoms with van der Waals surface area (Å²) < 4.78 is 0. The second-order valence-electron chi connectivity index (χ2n) is 4.51. The lowest BCUT2D eigenvalue weighted by Gasteiger charge is -2.14. The van der Waals surface area contributed by atoms with Gasteiger partial charge >= 0.3 is 5.97 Å². The summed E-state index contributed by atoms with van der Waals surface area (Å²) in [5, 5.41) is 8.04. The molecule has 0 unspecified atom stereocenters. The first-order valence-corrected chi connectivity index (χ1v) is 6.98. The van der Waals surface area contributed by atoms with Gasteiger partial charge in [-0.25, -0.2) is 0 Å². The second kappa shape index (κ2) is 15.4. The number of carboxylic acids is 1. The summed E-state index contributed by atoms with van der Waals surface area (Å²) in [4.78, 5) is 12.2. The number of hydrogen-bond acceptors (Lipinski definition) is 2. The third-order valence-corrected chi connectivity index (χ3v) is 2.53. The van der Waals surface area contributed by atoms with Crippen LogP contribution in [-0.4, -0.2) is 36.1 Å². The van der Waals surface area contributed by atoms with Gasteiger partial charge in [-0.2, -0.15) is 0 Å². The quantitative estimate of drug-likeness (QED) is 0.672. The van der Waals surface area contributed by atoms with Gasteiger partial charge in [-0.05, 0) is 39.4 Å². The van der Waals surface area contributed by atoms with Crippen LogP contribution in [0.3, 0.4) is 0 Å². The molecule has 0 saturated carbocycles. The third-order valence-electron chi connectivity index (χ3n) is 2.53. The summed E-state index contributed by atoms with van der Waals surface area (Å²) in [6.07, 6.45) is 7.41. The average molecular weight is 245 g/mol. The third kappa shape index (κ3) is 21.3. The molecule has 0 fully saturated rings. The smallest absolute Gasteiger partial charge is 0.303 e. The first kappa shape index (κ1) is 18.8. The largest absolute Gasteiger partial charge is 0.481 e. The highest BCUT2D eigenvalue weighted by Gasteiger charge is 1.94. The Bertz CT molecular complexity index is 152. The van der Waals surface area contributed by atoms with E-state index in [-0.39, 0.29) is 0 Å². The highest BCUT2D eigenvalue weighted by Crippen LogP contribution is 1.94. The Hall–Kier alpha value is -0.570. The maximum absolute atomic E-state index is 9.76. The SMILES string of the molecule is CCCCC(=O)O.CCCCN(C)CCCC. The first-order valence-electron chi connectivity index (χ1n) is 6.98. The molecule has 0 aromatic heterocycles. The lowest BCUT2D eigenvalue weighted by atomic mass is 10.3. The fraction of sp³-hybridized carbons (Fsp3) is 0.929. The molecule has 0 aliphatic heterocycles. The van der Waals surface area contributed by atoms with Gasteiger partial charge in [0.25, 0.3) is 0 Å². The molecule has 0 atom stereocenters. The molecule has 3 heteroatoms. The van der Waals surface area contributed by atoms with Crippen LogP contribution in [0.5, 0.6) is 0 Å².